The highest BCUT2D eigenvalue weighted by Crippen LogP contribution is 2.28. The van der Waals surface area contributed by atoms with Crippen LogP contribution < -0.4 is 10.1 Å². The Hall–Kier alpha value is -3.80. The van der Waals surface area contributed by atoms with Crippen molar-refractivity contribution in [2.45, 2.75) is 0 Å². The number of hydrogen-bond acceptors (Lipinski definition) is 4. The van der Waals surface area contributed by atoms with E-state index >= 15 is 0 Å². The van der Waals surface area contributed by atoms with Gasteiger partial charge in [-0.25, -0.2) is 0 Å². The number of aromatic nitrogens is 2. The lowest BCUT2D eigenvalue weighted by Gasteiger charge is -2.08. The van der Waals surface area contributed by atoms with Gasteiger partial charge < -0.3 is 15.2 Å². The number of phenols is 1. The van der Waals surface area contributed by atoms with Crippen molar-refractivity contribution in [2.75, 3.05) is 12.4 Å². The van der Waals surface area contributed by atoms with E-state index in [4.69, 9.17) is 4.74 Å². The first-order valence-electron chi connectivity index (χ1n) is 8.37. The van der Waals surface area contributed by atoms with Crippen molar-refractivity contribution in [1.29, 1.82) is 0 Å². The molecule has 4 aromatic rings. The normalized spacial score (nSPS) is 10.7. The topological polar surface area (TPSA) is 87.2 Å². The molecule has 3 N–H and O–H groups in total. The number of benzene rings is 3. The van der Waals surface area contributed by atoms with E-state index in [-0.39, 0.29) is 11.7 Å². The van der Waals surface area contributed by atoms with Gasteiger partial charge in [0.25, 0.3) is 5.91 Å². The van der Waals surface area contributed by atoms with Crippen molar-refractivity contribution in [2.24, 2.45) is 0 Å². The van der Waals surface area contributed by atoms with Gasteiger partial charge in [0.15, 0.2) is 5.82 Å². The molecule has 1 amide bonds. The van der Waals surface area contributed by atoms with Gasteiger partial charge in [-0.1, -0.05) is 30.3 Å². The minimum atomic E-state index is -0.288. The van der Waals surface area contributed by atoms with Gasteiger partial charge in [0.2, 0.25) is 0 Å². The highest BCUT2D eigenvalue weighted by Gasteiger charge is 2.15. The van der Waals surface area contributed by atoms with Gasteiger partial charge in [-0.05, 0) is 47.5 Å². The lowest BCUT2D eigenvalue weighted by atomic mass is 10.0. The summed E-state index contributed by atoms with van der Waals surface area (Å²) in [7, 11) is 1.53. The standard InChI is InChI=1S/C21H17N3O3/c1-27-19-5-3-2-4-17(19)21(26)22-20-16-11-8-14(12-18(16)23-24-20)13-6-9-15(25)10-7-13/h2-12,25H,1H3,(H2,22,23,24,26). The number of rotatable bonds is 4. The number of para-hydroxylation sites is 1. The predicted octanol–water partition coefficient (Wildman–Crippen LogP) is 4.20. The number of nitrogens with zero attached hydrogens (tertiary/aromatic N) is 1. The summed E-state index contributed by atoms with van der Waals surface area (Å²) >= 11 is 0. The van der Waals surface area contributed by atoms with E-state index in [0.29, 0.717) is 17.1 Å². The SMILES string of the molecule is COc1ccccc1C(=O)Nc1n[nH]c2cc(-c3ccc(O)cc3)ccc12. The number of anilines is 1. The molecule has 134 valence electrons. The summed E-state index contributed by atoms with van der Waals surface area (Å²) in [5, 5.41) is 20.2. The zero-order valence-corrected chi connectivity index (χ0v) is 14.6. The van der Waals surface area contributed by atoms with Gasteiger partial charge in [0.1, 0.15) is 11.5 Å². The number of aromatic hydroxyl groups is 1. The van der Waals surface area contributed by atoms with Crippen LogP contribution in [0.15, 0.2) is 66.7 Å². The fraction of sp³-hybridized carbons (Fsp3) is 0.0476. The van der Waals surface area contributed by atoms with Gasteiger partial charge in [0.05, 0.1) is 18.2 Å². The zero-order chi connectivity index (χ0) is 18.8. The Morgan fingerprint density at radius 1 is 1.04 bits per heavy atom. The summed E-state index contributed by atoms with van der Waals surface area (Å²) in [6.45, 7) is 0. The first-order chi connectivity index (χ1) is 13.2. The minimum absolute atomic E-state index is 0.225. The van der Waals surface area contributed by atoms with E-state index < -0.39 is 0 Å². The lowest BCUT2D eigenvalue weighted by molar-refractivity contribution is 0.102. The monoisotopic (exact) mass is 359 g/mol. The molecule has 4 rings (SSSR count). The van der Waals surface area contributed by atoms with Crippen molar-refractivity contribution >= 4 is 22.6 Å². The Kier molecular flexibility index (Phi) is 4.22. The number of ether oxygens (including phenoxy) is 1. The van der Waals surface area contributed by atoms with Crippen LogP contribution >= 0.6 is 0 Å². The third-order valence-electron chi connectivity index (χ3n) is 4.35. The number of fused-ring (bicyclic) bond motifs is 1. The number of phenolic OH excluding ortho intramolecular Hbond substituents is 1. The predicted molar refractivity (Wildman–Crippen MR) is 104 cm³/mol. The molecule has 0 atom stereocenters. The average molecular weight is 359 g/mol. The van der Waals surface area contributed by atoms with Gasteiger partial charge in [0, 0.05) is 5.39 Å². The molecule has 0 aliphatic carbocycles. The van der Waals surface area contributed by atoms with Crippen LogP contribution in [0.1, 0.15) is 10.4 Å². The van der Waals surface area contributed by atoms with E-state index in [1.807, 2.05) is 36.4 Å². The van der Waals surface area contributed by atoms with E-state index in [1.54, 1.807) is 30.3 Å². The molecule has 27 heavy (non-hydrogen) atoms. The number of methoxy groups -OCH3 is 1. The maximum absolute atomic E-state index is 12.6. The quantitative estimate of drug-likeness (QED) is 0.510. The van der Waals surface area contributed by atoms with Crippen molar-refractivity contribution in [1.82, 2.24) is 10.2 Å². The summed E-state index contributed by atoms with van der Waals surface area (Å²) < 4.78 is 5.24. The third kappa shape index (κ3) is 3.20. The summed E-state index contributed by atoms with van der Waals surface area (Å²) in [6.07, 6.45) is 0. The molecule has 0 bridgehead atoms. The number of amides is 1. The number of carbonyl (C=O) groups excluding carboxylic acids is 1. The Bertz CT molecular complexity index is 1120. The first kappa shape index (κ1) is 16.7. The molecule has 3 aromatic carbocycles. The van der Waals surface area contributed by atoms with Crippen molar-refractivity contribution in [3.05, 3.63) is 72.3 Å². The molecule has 0 fully saturated rings. The fourth-order valence-corrected chi connectivity index (χ4v) is 2.96. The summed E-state index contributed by atoms with van der Waals surface area (Å²) in [4.78, 5) is 12.6. The number of nitrogens with one attached hydrogen (secondary N) is 2. The van der Waals surface area contributed by atoms with Crippen LogP contribution in [0.3, 0.4) is 0 Å². The van der Waals surface area contributed by atoms with Crippen molar-refractivity contribution in [3.63, 3.8) is 0 Å². The van der Waals surface area contributed by atoms with Gasteiger partial charge in [-0.2, -0.15) is 5.10 Å². The van der Waals surface area contributed by atoms with E-state index in [1.165, 1.54) is 7.11 Å². The van der Waals surface area contributed by atoms with Gasteiger partial charge in [-0.3, -0.25) is 9.89 Å². The maximum Gasteiger partial charge on any atom is 0.260 e. The first-order valence-corrected chi connectivity index (χ1v) is 8.37. The molecular weight excluding hydrogens is 342 g/mol. The lowest BCUT2D eigenvalue weighted by Crippen LogP contribution is -2.13. The second-order valence-corrected chi connectivity index (χ2v) is 6.03. The Morgan fingerprint density at radius 3 is 2.56 bits per heavy atom. The van der Waals surface area contributed by atoms with Crippen LogP contribution in [0.5, 0.6) is 11.5 Å². The largest absolute Gasteiger partial charge is 0.508 e. The Labute approximate surface area is 155 Å². The smallest absolute Gasteiger partial charge is 0.260 e. The van der Waals surface area contributed by atoms with Crippen LogP contribution in [0.25, 0.3) is 22.0 Å². The van der Waals surface area contributed by atoms with E-state index in [0.717, 1.165) is 22.0 Å². The highest BCUT2D eigenvalue weighted by molar-refractivity contribution is 6.09. The third-order valence-corrected chi connectivity index (χ3v) is 4.35. The van der Waals surface area contributed by atoms with Crippen LogP contribution in [-0.4, -0.2) is 28.3 Å². The number of carbonyl (C=O) groups is 1. The second kappa shape index (κ2) is 6.84. The molecule has 0 saturated carbocycles. The number of H-pyrrole nitrogens is 1. The summed E-state index contributed by atoms with van der Waals surface area (Å²) in [6, 6.07) is 19.8. The Balaban J connectivity index is 1.64. The Morgan fingerprint density at radius 2 is 1.78 bits per heavy atom. The maximum atomic E-state index is 12.6. The zero-order valence-electron chi connectivity index (χ0n) is 14.6. The van der Waals surface area contributed by atoms with Gasteiger partial charge in [-0.15, -0.1) is 0 Å². The molecule has 1 aromatic heterocycles. The molecule has 1 heterocycles. The van der Waals surface area contributed by atoms with Crippen LogP contribution in [0.4, 0.5) is 5.82 Å². The van der Waals surface area contributed by atoms with Crippen molar-refractivity contribution < 1.29 is 14.6 Å². The molecular formula is C21H17N3O3. The molecule has 0 aliphatic heterocycles. The van der Waals surface area contributed by atoms with E-state index in [2.05, 4.69) is 15.5 Å². The molecule has 0 saturated heterocycles. The summed E-state index contributed by atoms with van der Waals surface area (Å²) in [5.74, 6) is 0.897. The molecule has 0 spiro atoms. The molecule has 0 radical (unpaired) electrons. The molecule has 6 heteroatoms. The summed E-state index contributed by atoms with van der Waals surface area (Å²) in [5.41, 5.74) is 3.20. The molecule has 0 aliphatic rings. The number of aromatic amines is 1. The highest BCUT2D eigenvalue weighted by atomic mass is 16.5. The number of hydrogen-bond donors (Lipinski definition) is 3. The molecule has 6 nitrogen and oxygen atoms in total. The second-order valence-electron chi connectivity index (χ2n) is 6.03. The van der Waals surface area contributed by atoms with E-state index in [9.17, 15) is 9.90 Å². The van der Waals surface area contributed by atoms with Crippen LogP contribution in [0.2, 0.25) is 0 Å². The fourth-order valence-electron chi connectivity index (χ4n) is 2.96. The van der Waals surface area contributed by atoms with Gasteiger partial charge >= 0.3 is 0 Å². The van der Waals surface area contributed by atoms with Crippen LogP contribution in [0, 0.1) is 0 Å². The molecule has 0 unspecified atom stereocenters. The average Bonchev–Trinajstić information content (AvgIpc) is 3.10. The van der Waals surface area contributed by atoms with Crippen molar-refractivity contribution in [3.8, 4) is 22.6 Å². The minimum Gasteiger partial charge on any atom is -0.508 e. The van der Waals surface area contributed by atoms with Crippen LogP contribution in [-0.2, 0) is 0 Å².